The van der Waals surface area contributed by atoms with E-state index in [1.165, 1.54) is 6.92 Å². The van der Waals surface area contributed by atoms with E-state index in [4.69, 9.17) is 11.6 Å². The van der Waals surface area contributed by atoms with Crippen molar-refractivity contribution in [1.82, 2.24) is 0 Å². The van der Waals surface area contributed by atoms with Crippen molar-refractivity contribution < 1.29 is 14.7 Å². The van der Waals surface area contributed by atoms with Crippen LogP contribution in [0.25, 0.3) is 0 Å². The van der Waals surface area contributed by atoms with E-state index in [-0.39, 0.29) is 18.2 Å². The van der Waals surface area contributed by atoms with Crippen LogP contribution >= 0.6 is 11.6 Å². The molecule has 0 spiro atoms. The molecule has 5 nitrogen and oxygen atoms in total. The third-order valence-electron chi connectivity index (χ3n) is 3.13. The van der Waals surface area contributed by atoms with Gasteiger partial charge in [0.1, 0.15) is 0 Å². The molecule has 2 rings (SSSR count). The highest BCUT2D eigenvalue weighted by molar-refractivity contribution is 6.31. The molecule has 0 aromatic heterocycles. The fraction of sp³-hybridized carbons (Fsp3) is 0.176. The zero-order chi connectivity index (χ0) is 16.8. The number of rotatable bonds is 5. The highest BCUT2D eigenvalue weighted by Gasteiger charge is 2.14. The summed E-state index contributed by atoms with van der Waals surface area (Å²) in [4.78, 5) is 23.3. The number of anilines is 2. The van der Waals surface area contributed by atoms with Crippen LogP contribution in [-0.4, -0.2) is 16.9 Å². The van der Waals surface area contributed by atoms with Crippen LogP contribution < -0.4 is 10.6 Å². The first kappa shape index (κ1) is 17.0. The zero-order valence-corrected chi connectivity index (χ0v) is 13.3. The van der Waals surface area contributed by atoms with E-state index >= 15 is 0 Å². The Morgan fingerprint density at radius 1 is 1.09 bits per heavy atom. The van der Waals surface area contributed by atoms with Crippen LogP contribution in [0.2, 0.25) is 5.02 Å². The number of aliphatic hydroxyl groups excluding tert-OH is 1. The molecule has 1 unspecified atom stereocenters. The van der Waals surface area contributed by atoms with Crippen molar-refractivity contribution in [3.63, 3.8) is 0 Å². The molecule has 0 radical (unpaired) electrons. The second kappa shape index (κ2) is 7.76. The van der Waals surface area contributed by atoms with Crippen molar-refractivity contribution in [3.05, 3.63) is 59.1 Å². The summed E-state index contributed by atoms with van der Waals surface area (Å²) in [6.45, 7) is 1.37. The minimum Gasteiger partial charge on any atom is -0.388 e. The smallest absolute Gasteiger partial charge is 0.227 e. The molecule has 2 amide bonds. The van der Waals surface area contributed by atoms with Gasteiger partial charge < -0.3 is 15.7 Å². The number of aliphatic hydroxyl groups is 1. The zero-order valence-electron chi connectivity index (χ0n) is 12.5. The summed E-state index contributed by atoms with van der Waals surface area (Å²) in [5.74, 6) is -0.637. The van der Waals surface area contributed by atoms with Crippen molar-refractivity contribution in [2.24, 2.45) is 0 Å². The first-order valence-corrected chi connectivity index (χ1v) is 7.43. The van der Waals surface area contributed by atoms with E-state index in [9.17, 15) is 14.7 Å². The monoisotopic (exact) mass is 332 g/mol. The number of benzene rings is 2. The number of halogens is 1. The average molecular weight is 333 g/mol. The maximum absolute atomic E-state index is 12.1. The summed E-state index contributed by atoms with van der Waals surface area (Å²) < 4.78 is 0. The third kappa shape index (κ3) is 5.09. The number of hydrogen-bond donors (Lipinski definition) is 3. The molecule has 2 aromatic carbocycles. The van der Waals surface area contributed by atoms with Crippen molar-refractivity contribution in [1.29, 1.82) is 0 Å². The molecule has 0 saturated carbocycles. The van der Waals surface area contributed by atoms with Crippen LogP contribution in [0.5, 0.6) is 0 Å². The normalized spacial score (nSPS) is 11.6. The number of amides is 2. The van der Waals surface area contributed by atoms with E-state index in [1.807, 2.05) is 6.07 Å². The largest absolute Gasteiger partial charge is 0.388 e. The Balaban J connectivity index is 2.08. The van der Waals surface area contributed by atoms with Crippen molar-refractivity contribution >= 4 is 34.8 Å². The fourth-order valence-corrected chi connectivity index (χ4v) is 2.26. The Kier molecular flexibility index (Phi) is 5.73. The number of carbonyl (C=O) groups excluding carboxylic acids is 2. The molecule has 120 valence electrons. The molecule has 0 fully saturated rings. The lowest BCUT2D eigenvalue weighted by Crippen LogP contribution is -2.17. The molecule has 2 aromatic rings. The van der Waals surface area contributed by atoms with Crippen molar-refractivity contribution in [3.8, 4) is 0 Å². The molecule has 1 atom stereocenters. The van der Waals surface area contributed by atoms with Gasteiger partial charge in [-0.25, -0.2) is 0 Å². The molecular formula is C17H17ClN2O3. The highest BCUT2D eigenvalue weighted by atomic mass is 35.5. The van der Waals surface area contributed by atoms with E-state index in [2.05, 4.69) is 10.6 Å². The van der Waals surface area contributed by atoms with Crippen LogP contribution in [0.3, 0.4) is 0 Å². The lowest BCUT2D eigenvalue weighted by atomic mass is 10.1. The van der Waals surface area contributed by atoms with E-state index in [0.29, 0.717) is 22.0 Å². The topological polar surface area (TPSA) is 78.4 Å². The molecule has 3 N–H and O–H groups in total. The second-order valence-corrected chi connectivity index (χ2v) is 5.49. The van der Waals surface area contributed by atoms with Crippen LogP contribution in [0.15, 0.2) is 48.5 Å². The first-order chi connectivity index (χ1) is 11.0. The summed E-state index contributed by atoms with van der Waals surface area (Å²) in [7, 11) is 0. The van der Waals surface area contributed by atoms with Crippen LogP contribution in [0, 0.1) is 0 Å². The summed E-state index contributed by atoms with van der Waals surface area (Å²) in [5.41, 5.74) is 1.50. The Labute approximate surface area is 139 Å². The summed E-state index contributed by atoms with van der Waals surface area (Å²) in [6.07, 6.45) is -1.00. The number of hydrogen-bond acceptors (Lipinski definition) is 3. The second-order valence-electron chi connectivity index (χ2n) is 5.05. The summed E-state index contributed by atoms with van der Waals surface area (Å²) in [6, 6.07) is 13.7. The van der Waals surface area contributed by atoms with Gasteiger partial charge in [0.2, 0.25) is 11.8 Å². The predicted molar refractivity (Wildman–Crippen MR) is 90.4 cm³/mol. The van der Waals surface area contributed by atoms with Gasteiger partial charge in [-0.3, -0.25) is 9.59 Å². The van der Waals surface area contributed by atoms with Gasteiger partial charge in [-0.05, 0) is 23.8 Å². The van der Waals surface area contributed by atoms with Crippen molar-refractivity contribution in [2.45, 2.75) is 19.4 Å². The summed E-state index contributed by atoms with van der Waals surface area (Å²) >= 11 is 5.93. The molecular weight excluding hydrogens is 316 g/mol. The van der Waals surface area contributed by atoms with Gasteiger partial charge >= 0.3 is 0 Å². The van der Waals surface area contributed by atoms with Crippen LogP contribution in [0.4, 0.5) is 11.4 Å². The van der Waals surface area contributed by atoms with Gasteiger partial charge in [0.05, 0.1) is 23.9 Å². The van der Waals surface area contributed by atoms with E-state index in [1.54, 1.807) is 42.5 Å². The van der Waals surface area contributed by atoms with Gasteiger partial charge in [0.25, 0.3) is 0 Å². The van der Waals surface area contributed by atoms with Crippen molar-refractivity contribution in [2.75, 3.05) is 10.6 Å². The standard InChI is InChI=1S/C17H17ClN2O3/c1-11(21)19-14-8-7-13(18)9-15(14)20-17(23)10-16(22)12-5-3-2-4-6-12/h2-9,16,22H,10H2,1H3,(H,19,21)(H,20,23). The van der Waals surface area contributed by atoms with Gasteiger partial charge in [-0.15, -0.1) is 0 Å². The van der Waals surface area contributed by atoms with Gasteiger partial charge in [-0.2, -0.15) is 0 Å². The molecule has 0 heterocycles. The SMILES string of the molecule is CC(=O)Nc1ccc(Cl)cc1NC(=O)CC(O)c1ccccc1. The highest BCUT2D eigenvalue weighted by Crippen LogP contribution is 2.26. The quantitative estimate of drug-likeness (QED) is 0.785. The van der Waals surface area contributed by atoms with Gasteiger partial charge in [-0.1, -0.05) is 41.9 Å². The maximum atomic E-state index is 12.1. The van der Waals surface area contributed by atoms with Crippen LogP contribution in [-0.2, 0) is 9.59 Å². The van der Waals surface area contributed by atoms with E-state index < -0.39 is 6.10 Å². The maximum Gasteiger partial charge on any atom is 0.227 e. The van der Waals surface area contributed by atoms with E-state index in [0.717, 1.165) is 0 Å². The molecule has 0 saturated heterocycles. The fourth-order valence-electron chi connectivity index (χ4n) is 2.09. The molecule has 0 bridgehead atoms. The minimum atomic E-state index is -0.903. The third-order valence-corrected chi connectivity index (χ3v) is 3.36. The average Bonchev–Trinajstić information content (AvgIpc) is 2.50. The number of carbonyl (C=O) groups is 2. The molecule has 0 aliphatic rings. The predicted octanol–water partition coefficient (Wildman–Crippen LogP) is 3.36. The minimum absolute atomic E-state index is 0.101. The Hall–Kier alpha value is -2.37. The lowest BCUT2D eigenvalue weighted by Gasteiger charge is -2.14. The summed E-state index contributed by atoms with van der Waals surface area (Å²) in [5, 5.41) is 15.8. The molecule has 0 aliphatic heterocycles. The number of nitrogens with one attached hydrogen (secondary N) is 2. The lowest BCUT2D eigenvalue weighted by molar-refractivity contribution is -0.118. The first-order valence-electron chi connectivity index (χ1n) is 7.05. The Bertz CT molecular complexity index is 704. The molecule has 6 heteroatoms. The Morgan fingerprint density at radius 2 is 1.78 bits per heavy atom. The van der Waals surface area contributed by atoms with Gasteiger partial charge in [0.15, 0.2) is 0 Å². The van der Waals surface area contributed by atoms with Gasteiger partial charge in [0, 0.05) is 11.9 Å². The molecule has 23 heavy (non-hydrogen) atoms. The van der Waals surface area contributed by atoms with Crippen LogP contribution in [0.1, 0.15) is 25.0 Å². The Morgan fingerprint density at radius 3 is 2.43 bits per heavy atom. The molecule has 0 aliphatic carbocycles.